The predicted octanol–water partition coefficient (Wildman–Crippen LogP) is 4.90. The van der Waals surface area contributed by atoms with Crippen LogP contribution in [-0.4, -0.2) is 12.5 Å². The van der Waals surface area contributed by atoms with Gasteiger partial charge >= 0.3 is 0 Å². The lowest BCUT2D eigenvalue weighted by Gasteiger charge is -2.17. The Labute approximate surface area is 175 Å². The number of nitrogens with one attached hydrogen (secondary N) is 1. The number of hydrogen-bond donors (Lipinski definition) is 2. The SMILES string of the molecule is Cc1ccc([C@H]([NH2+]CC(=O)Nc2c(Cl)ccc(C)c2Cl)c2ccccc2)cc1. The number of quaternary nitrogens is 1. The molecule has 3 aromatic carbocycles. The van der Waals surface area contributed by atoms with E-state index in [0.717, 1.165) is 16.7 Å². The molecule has 0 aromatic heterocycles. The highest BCUT2D eigenvalue weighted by Gasteiger charge is 2.20. The summed E-state index contributed by atoms with van der Waals surface area (Å²) in [5.74, 6) is -0.151. The zero-order chi connectivity index (χ0) is 20.1. The van der Waals surface area contributed by atoms with Crippen molar-refractivity contribution >= 4 is 34.8 Å². The normalized spacial score (nSPS) is 11.9. The van der Waals surface area contributed by atoms with Crippen molar-refractivity contribution < 1.29 is 10.1 Å². The Balaban J connectivity index is 1.76. The van der Waals surface area contributed by atoms with Crippen molar-refractivity contribution in [2.45, 2.75) is 19.9 Å². The molecule has 28 heavy (non-hydrogen) atoms. The van der Waals surface area contributed by atoms with Crippen molar-refractivity contribution in [3.05, 3.63) is 99.0 Å². The Hall–Kier alpha value is -2.33. The summed E-state index contributed by atoms with van der Waals surface area (Å²) in [7, 11) is 0. The number of anilines is 1. The first-order valence-electron chi connectivity index (χ1n) is 9.15. The molecule has 3 N–H and O–H groups in total. The summed E-state index contributed by atoms with van der Waals surface area (Å²) in [4.78, 5) is 12.6. The summed E-state index contributed by atoms with van der Waals surface area (Å²) in [5, 5.41) is 5.78. The first kappa shape index (κ1) is 20.4. The van der Waals surface area contributed by atoms with E-state index in [1.54, 1.807) is 6.07 Å². The van der Waals surface area contributed by atoms with Crippen LogP contribution in [0, 0.1) is 13.8 Å². The summed E-state index contributed by atoms with van der Waals surface area (Å²) in [6.07, 6.45) is 0. The largest absolute Gasteiger partial charge is 0.328 e. The van der Waals surface area contributed by atoms with Gasteiger partial charge in [0.05, 0.1) is 15.7 Å². The zero-order valence-corrected chi connectivity index (χ0v) is 17.4. The lowest BCUT2D eigenvalue weighted by molar-refractivity contribution is -0.676. The van der Waals surface area contributed by atoms with Crippen molar-refractivity contribution in [2.75, 3.05) is 11.9 Å². The van der Waals surface area contributed by atoms with Crippen LogP contribution in [-0.2, 0) is 4.79 Å². The van der Waals surface area contributed by atoms with Crippen molar-refractivity contribution in [3.63, 3.8) is 0 Å². The minimum Gasteiger partial charge on any atom is -0.328 e. The fourth-order valence-electron chi connectivity index (χ4n) is 3.09. The van der Waals surface area contributed by atoms with Crippen LogP contribution in [0.25, 0.3) is 0 Å². The summed E-state index contributed by atoms with van der Waals surface area (Å²) >= 11 is 12.5. The molecule has 3 rings (SSSR count). The number of amides is 1. The van der Waals surface area contributed by atoms with Crippen molar-refractivity contribution in [2.24, 2.45) is 0 Å². The predicted molar refractivity (Wildman–Crippen MR) is 116 cm³/mol. The number of carbonyl (C=O) groups excluding carboxylic acids is 1. The molecule has 0 aliphatic rings. The number of halogens is 2. The molecule has 3 nitrogen and oxygen atoms in total. The molecule has 144 valence electrons. The van der Waals surface area contributed by atoms with Crippen LogP contribution >= 0.6 is 23.2 Å². The van der Waals surface area contributed by atoms with Gasteiger partial charge in [-0.15, -0.1) is 0 Å². The van der Waals surface area contributed by atoms with E-state index in [1.807, 2.05) is 36.5 Å². The van der Waals surface area contributed by atoms with Crippen molar-refractivity contribution in [1.29, 1.82) is 0 Å². The maximum absolute atomic E-state index is 12.6. The van der Waals surface area contributed by atoms with Gasteiger partial charge in [0.25, 0.3) is 5.91 Å². The molecule has 0 radical (unpaired) electrons. The molecule has 0 saturated carbocycles. The van der Waals surface area contributed by atoms with Gasteiger partial charge in [0.1, 0.15) is 6.04 Å². The molecule has 1 amide bonds. The Morgan fingerprint density at radius 2 is 1.57 bits per heavy atom. The lowest BCUT2D eigenvalue weighted by Crippen LogP contribution is -2.87. The highest BCUT2D eigenvalue weighted by atomic mass is 35.5. The fourth-order valence-corrected chi connectivity index (χ4v) is 3.55. The third-order valence-corrected chi connectivity index (χ3v) is 5.48. The minimum atomic E-state index is -0.151. The Morgan fingerprint density at radius 1 is 0.929 bits per heavy atom. The van der Waals surface area contributed by atoms with Crippen LogP contribution < -0.4 is 10.6 Å². The number of nitrogens with two attached hydrogens (primary N) is 1. The molecule has 0 saturated heterocycles. The summed E-state index contributed by atoms with van der Waals surface area (Å²) in [6, 6.07) is 22.1. The second-order valence-electron chi connectivity index (χ2n) is 6.84. The molecule has 3 aromatic rings. The Morgan fingerprint density at radius 3 is 2.25 bits per heavy atom. The van der Waals surface area contributed by atoms with Gasteiger partial charge in [-0.25, -0.2) is 0 Å². The van der Waals surface area contributed by atoms with Gasteiger partial charge in [-0.2, -0.15) is 0 Å². The molecular weight excluding hydrogens is 391 g/mol. The number of aryl methyl sites for hydroxylation is 2. The van der Waals surface area contributed by atoms with E-state index in [-0.39, 0.29) is 18.5 Å². The molecule has 0 heterocycles. The van der Waals surface area contributed by atoms with Crippen LogP contribution in [0.3, 0.4) is 0 Å². The molecule has 0 fully saturated rings. The maximum Gasteiger partial charge on any atom is 0.279 e. The van der Waals surface area contributed by atoms with E-state index in [1.165, 1.54) is 5.56 Å². The smallest absolute Gasteiger partial charge is 0.279 e. The standard InChI is InChI=1S/C23H22Cl2N2O/c1-15-8-11-18(12-9-15)22(17-6-4-3-5-7-17)26-14-20(28)27-23-19(24)13-10-16(2)21(23)25/h3-13,22,26H,14H2,1-2H3,(H,27,28)/p+1/t22-/m1/s1. The van der Waals surface area contributed by atoms with Gasteiger partial charge in [-0.1, -0.05) is 89.4 Å². The van der Waals surface area contributed by atoms with Crippen molar-refractivity contribution in [1.82, 2.24) is 0 Å². The summed E-state index contributed by atoms with van der Waals surface area (Å²) < 4.78 is 0. The van der Waals surface area contributed by atoms with E-state index in [2.05, 4.69) is 48.6 Å². The Bertz CT molecular complexity index is 956. The maximum atomic E-state index is 12.6. The zero-order valence-electron chi connectivity index (χ0n) is 15.9. The lowest BCUT2D eigenvalue weighted by atomic mass is 9.98. The topological polar surface area (TPSA) is 45.7 Å². The van der Waals surface area contributed by atoms with Gasteiger partial charge in [0, 0.05) is 11.1 Å². The summed E-state index contributed by atoms with van der Waals surface area (Å²) in [6.45, 7) is 4.19. The number of rotatable bonds is 6. The molecular formula is C23H23Cl2N2O+. The highest BCUT2D eigenvalue weighted by Crippen LogP contribution is 2.32. The van der Waals surface area contributed by atoms with E-state index in [0.29, 0.717) is 15.7 Å². The number of hydrogen-bond acceptors (Lipinski definition) is 1. The monoisotopic (exact) mass is 413 g/mol. The van der Waals surface area contributed by atoms with Crippen LogP contribution in [0.1, 0.15) is 28.3 Å². The fraction of sp³-hybridized carbons (Fsp3) is 0.174. The van der Waals surface area contributed by atoms with Gasteiger partial charge in [-0.3, -0.25) is 4.79 Å². The molecule has 0 aliphatic heterocycles. The van der Waals surface area contributed by atoms with Gasteiger partial charge in [0.2, 0.25) is 0 Å². The van der Waals surface area contributed by atoms with Crippen molar-refractivity contribution in [3.8, 4) is 0 Å². The van der Waals surface area contributed by atoms with Gasteiger partial charge in [-0.05, 0) is 25.5 Å². The first-order valence-corrected chi connectivity index (χ1v) is 9.90. The second kappa shape index (κ2) is 9.24. The Kier molecular flexibility index (Phi) is 6.74. The molecule has 0 aliphatic carbocycles. The molecule has 5 heteroatoms. The van der Waals surface area contributed by atoms with Gasteiger partial charge < -0.3 is 10.6 Å². The van der Waals surface area contributed by atoms with E-state index in [9.17, 15) is 4.79 Å². The van der Waals surface area contributed by atoms with Gasteiger partial charge in [0.15, 0.2) is 6.54 Å². The summed E-state index contributed by atoms with van der Waals surface area (Å²) in [5.41, 5.74) is 4.83. The number of benzene rings is 3. The highest BCUT2D eigenvalue weighted by molar-refractivity contribution is 6.40. The third kappa shape index (κ3) is 4.93. The average molecular weight is 414 g/mol. The van der Waals surface area contributed by atoms with Crippen LogP contribution in [0.15, 0.2) is 66.7 Å². The van der Waals surface area contributed by atoms with Crippen LogP contribution in [0.5, 0.6) is 0 Å². The van der Waals surface area contributed by atoms with E-state index < -0.39 is 0 Å². The quantitative estimate of drug-likeness (QED) is 0.592. The second-order valence-corrected chi connectivity index (χ2v) is 7.63. The van der Waals surface area contributed by atoms with Crippen LogP contribution in [0.4, 0.5) is 5.69 Å². The number of carbonyl (C=O) groups is 1. The minimum absolute atomic E-state index is 0.0241. The molecule has 0 bridgehead atoms. The van der Waals surface area contributed by atoms with E-state index >= 15 is 0 Å². The first-order chi connectivity index (χ1) is 13.5. The third-order valence-electron chi connectivity index (χ3n) is 4.68. The molecule has 1 atom stereocenters. The molecule has 0 unspecified atom stereocenters. The average Bonchev–Trinajstić information content (AvgIpc) is 2.70. The van der Waals surface area contributed by atoms with E-state index in [4.69, 9.17) is 23.2 Å². The molecule has 0 spiro atoms. The van der Waals surface area contributed by atoms with Crippen LogP contribution in [0.2, 0.25) is 10.0 Å².